The second-order valence-corrected chi connectivity index (χ2v) is 5.98. The van der Waals surface area contributed by atoms with Crippen LogP contribution in [-0.4, -0.2) is 33.9 Å². The van der Waals surface area contributed by atoms with Crippen LogP contribution in [0.15, 0.2) is 36.7 Å². The van der Waals surface area contributed by atoms with Crippen molar-refractivity contribution in [3.05, 3.63) is 58.6 Å². The van der Waals surface area contributed by atoms with Crippen LogP contribution in [0.4, 0.5) is 0 Å². The Balaban J connectivity index is 2.13. The van der Waals surface area contributed by atoms with Gasteiger partial charge in [0.1, 0.15) is 5.69 Å². The molecule has 0 N–H and O–H groups in total. The molecule has 0 saturated heterocycles. The number of amides is 1. The third-order valence-electron chi connectivity index (χ3n) is 4.05. The first kappa shape index (κ1) is 16.4. The van der Waals surface area contributed by atoms with Gasteiger partial charge in [0.2, 0.25) is 0 Å². The predicted molar refractivity (Wildman–Crippen MR) is 88.2 cm³/mol. The van der Waals surface area contributed by atoms with Crippen molar-refractivity contribution in [2.24, 2.45) is 0 Å². The quantitative estimate of drug-likeness (QED) is 0.863. The summed E-state index contributed by atoms with van der Waals surface area (Å²) in [5, 5.41) is 0.711. The van der Waals surface area contributed by atoms with E-state index in [2.05, 4.69) is 16.9 Å². The van der Waals surface area contributed by atoms with E-state index in [0.717, 1.165) is 11.3 Å². The van der Waals surface area contributed by atoms with E-state index in [4.69, 9.17) is 11.6 Å². The number of rotatable bonds is 4. The SMILES string of the molecule is Cc1cnc(C(=O)N(C)C(C)C(C)c2ccc(Cl)cc2)cn1. The van der Waals surface area contributed by atoms with Crippen LogP contribution in [0.1, 0.15) is 41.5 Å². The fourth-order valence-corrected chi connectivity index (χ4v) is 2.37. The molecule has 0 fully saturated rings. The average molecular weight is 318 g/mol. The van der Waals surface area contributed by atoms with Crippen LogP contribution in [-0.2, 0) is 0 Å². The van der Waals surface area contributed by atoms with E-state index in [1.807, 2.05) is 38.1 Å². The Bertz CT molecular complexity index is 640. The summed E-state index contributed by atoms with van der Waals surface area (Å²) in [4.78, 5) is 22.5. The topological polar surface area (TPSA) is 46.1 Å². The third kappa shape index (κ3) is 3.63. The molecule has 2 aromatic rings. The lowest BCUT2D eigenvalue weighted by Crippen LogP contribution is -2.38. The Hall–Kier alpha value is -1.94. The van der Waals surface area contributed by atoms with E-state index in [-0.39, 0.29) is 17.9 Å². The van der Waals surface area contributed by atoms with Crippen LogP contribution in [0.3, 0.4) is 0 Å². The number of hydrogen-bond acceptors (Lipinski definition) is 3. The summed E-state index contributed by atoms with van der Waals surface area (Å²) < 4.78 is 0. The smallest absolute Gasteiger partial charge is 0.274 e. The first-order valence-electron chi connectivity index (χ1n) is 7.21. The second kappa shape index (κ2) is 6.88. The maximum Gasteiger partial charge on any atom is 0.274 e. The molecule has 0 aliphatic carbocycles. The number of carbonyl (C=O) groups is 1. The monoisotopic (exact) mass is 317 g/mol. The van der Waals surface area contributed by atoms with Gasteiger partial charge in [-0.15, -0.1) is 0 Å². The Morgan fingerprint density at radius 3 is 2.32 bits per heavy atom. The minimum Gasteiger partial charge on any atom is -0.337 e. The molecule has 1 amide bonds. The molecule has 4 nitrogen and oxygen atoms in total. The molecule has 0 aliphatic rings. The van der Waals surface area contributed by atoms with Crippen molar-refractivity contribution in [1.29, 1.82) is 0 Å². The van der Waals surface area contributed by atoms with Gasteiger partial charge in [-0.3, -0.25) is 9.78 Å². The van der Waals surface area contributed by atoms with Gasteiger partial charge in [0.25, 0.3) is 5.91 Å². The zero-order valence-corrected chi connectivity index (χ0v) is 14.0. The predicted octanol–water partition coefficient (Wildman–Crippen LogP) is 3.70. The van der Waals surface area contributed by atoms with Crippen LogP contribution in [0, 0.1) is 6.92 Å². The molecule has 0 saturated carbocycles. The Morgan fingerprint density at radius 1 is 1.14 bits per heavy atom. The lowest BCUT2D eigenvalue weighted by molar-refractivity contribution is 0.0720. The van der Waals surface area contributed by atoms with Gasteiger partial charge in [-0.25, -0.2) is 4.98 Å². The number of likely N-dealkylation sites (N-methyl/N-ethyl adjacent to an activating group) is 1. The molecule has 2 atom stereocenters. The van der Waals surface area contributed by atoms with Crippen LogP contribution in [0.2, 0.25) is 5.02 Å². The van der Waals surface area contributed by atoms with Gasteiger partial charge in [-0.1, -0.05) is 30.7 Å². The molecule has 0 radical (unpaired) electrons. The molecule has 1 aromatic heterocycles. The van der Waals surface area contributed by atoms with E-state index in [9.17, 15) is 4.79 Å². The number of hydrogen-bond donors (Lipinski definition) is 0. The van der Waals surface area contributed by atoms with Gasteiger partial charge in [-0.05, 0) is 31.5 Å². The van der Waals surface area contributed by atoms with Crippen molar-refractivity contribution in [1.82, 2.24) is 14.9 Å². The highest BCUT2D eigenvalue weighted by Gasteiger charge is 2.24. The molecule has 0 bridgehead atoms. The molecule has 0 spiro atoms. The van der Waals surface area contributed by atoms with E-state index in [1.165, 1.54) is 6.20 Å². The molecule has 5 heteroatoms. The Kier molecular flexibility index (Phi) is 5.14. The summed E-state index contributed by atoms with van der Waals surface area (Å²) >= 11 is 5.92. The summed E-state index contributed by atoms with van der Waals surface area (Å²) in [7, 11) is 1.79. The van der Waals surface area contributed by atoms with Crippen LogP contribution in [0.5, 0.6) is 0 Å². The maximum atomic E-state index is 12.5. The first-order valence-corrected chi connectivity index (χ1v) is 7.59. The van der Waals surface area contributed by atoms with Crippen molar-refractivity contribution >= 4 is 17.5 Å². The molecule has 116 valence electrons. The molecule has 1 heterocycles. The van der Waals surface area contributed by atoms with Gasteiger partial charge in [0.15, 0.2) is 0 Å². The van der Waals surface area contributed by atoms with Gasteiger partial charge in [0.05, 0.1) is 11.9 Å². The minimum atomic E-state index is -0.124. The normalized spacial score (nSPS) is 13.5. The zero-order valence-electron chi connectivity index (χ0n) is 13.2. The van der Waals surface area contributed by atoms with E-state index in [1.54, 1.807) is 18.1 Å². The summed E-state index contributed by atoms with van der Waals surface area (Å²) in [6.07, 6.45) is 3.13. The standard InChI is InChI=1S/C17H20ClN3O/c1-11-9-20-16(10-19-11)17(22)21(4)13(3)12(2)14-5-7-15(18)8-6-14/h5-10,12-13H,1-4H3. The molecular formula is C17H20ClN3O. The molecule has 1 aromatic carbocycles. The molecule has 2 rings (SSSR count). The highest BCUT2D eigenvalue weighted by atomic mass is 35.5. The highest BCUT2D eigenvalue weighted by Crippen LogP contribution is 2.24. The average Bonchev–Trinajstić information content (AvgIpc) is 2.53. The fourth-order valence-electron chi connectivity index (χ4n) is 2.25. The van der Waals surface area contributed by atoms with Crippen molar-refractivity contribution < 1.29 is 4.79 Å². The van der Waals surface area contributed by atoms with Crippen molar-refractivity contribution in [2.45, 2.75) is 32.7 Å². The number of benzene rings is 1. The van der Waals surface area contributed by atoms with Gasteiger partial charge < -0.3 is 4.90 Å². The summed E-state index contributed by atoms with van der Waals surface area (Å²) in [6.45, 7) is 5.97. The largest absolute Gasteiger partial charge is 0.337 e. The second-order valence-electron chi connectivity index (χ2n) is 5.54. The van der Waals surface area contributed by atoms with Crippen LogP contribution in [0.25, 0.3) is 0 Å². The fraction of sp³-hybridized carbons (Fsp3) is 0.353. The lowest BCUT2D eigenvalue weighted by atomic mass is 9.93. The molecule has 22 heavy (non-hydrogen) atoms. The molecule has 0 aliphatic heterocycles. The lowest BCUT2D eigenvalue weighted by Gasteiger charge is -2.30. The first-order chi connectivity index (χ1) is 10.4. The number of aromatic nitrogens is 2. The van der Waals surface area contributed by atoms with Gasteiger partial charge in [-0.2, -0.15) is 0 Å². The Labute approximate surface area is 136 Å². The van der Waals surface area contributed by atoms with Crippen LogP contribution >= 0.6 is 11.6 Å². The highest BCUT2D eigenvalue weighted by molar-refractivity contribution is 6.30. The number of nitrogens with zero attached hydrogens (tertiary/aromatic N) is 3. The Morgan fingerprint density at radius 2 is 1.77 bits per heavy atom. The van der Waals surface area contributed by atoms with Crippen molar-refractivity contribution in [2.75, 3.05) is 7.05 Å². The molecular weight excluding hydrogens is 298 g/mol. The summed E-state index contributed by atoms with van der Waals surface area (Å²) in [6, 6.07) is 7.75. The number of halogens is 1. The van der Waals surface area contributed by atoms with Crippen molar-refractivity contribution in [3.8, 4) is 0 Å². The zero-order chi connectivity index (χ0) is 16.3. The maximum absolute atomic E-state index is 12.5. The van der Waals surface area contributed by atoms with Gasteiger partial charge >= 0.3 is 0 Å². The summed E-state index contributed by atoms with van der Waals surface area (Å²) in [5.74, 6) is 0.0606. The van der Waals surface area contributed by atoms with Crippen LogP contribution < -0.4 is 0 Å². The molecule has 2 unspecified atom stereocenters. The van der Waals surface area contributed by atoms with E-state index >= 15 is 0 Å². The minimum absolute atomic E-state index is 0.0248. The van der Waals surface area contributed by atoms with Gasteiger partial charge in [0, 0.05) is 30.2 Å². The van der Waals surface area contributed by atoms with Crippen molar-refractivity contribution in [3.63, 3.8) is 0 Å². The number of aryl methyl sites for hydroxylation is 1. The van der Waals surface area contributed by atoms with E-state index in [0.29, 0.717) is 10.7 Å². The third-order valence-corrected chi connectivity index (χ3v) is 4.30. The summed E-state index contributed by atoms with van der Waals surface area (Å²) in [5.41, 5.74) is 2.30. The van der Waals surface area contributed by atoms with E-state index < -0.39 is 0 Å². The number of carbonyl (C=O) groups excluding carboxylic acids is 1.